The van der Waals surface area contributed by atoms with Gasteiger partial charge >= 0.3 is 0 Å². The molecule has 17 heavy (non-hydrogen) atoms. The van der Waals surface area contributed by atoms with Crippen LogP contribution in [-0.2, 0) is 4.79 Å². The Morgan fingerprint density at radius 1 is 1.35 bits per heavy atom. The summed E-state index contributed by atoms with van der Waals surface area (Å²) in [7, 11) is 0. The van der Waals surface area contributed by atoms with Crippen molar-refractivity contribution in [3.8, 4) is 0 Å². The monoisotopic (exact) mass is 254 g/mol. The minimum absolute atomic E-state index is 0.150. The van der Waals surface area contributed by atoms with E-state index in [9.17, 15) is 14.9 Å². The van der Waals surface area contributed by atoms with Gasteiger partial charge in [-0.1, -0.05) is 23.7 Å². The molecule has 0 unspecified atom stereocenters. The molecule has 0 bridgehead atoms. The second-order valence-corrected chi connectivity index (χ2v) is 4.42. The van der Waals surface area contributed by atoms with Crippen molar-refractivity contribution >= 4 is 17.5 Å². The Hall–Kier alpha value is -1.62. The molecule has 1 fully saturated rings. The van der Waals surface area contributed by atoms with Crippen molar-refractivity contribution in [1.29, 1.82) is 0 Å². The summed E-state index contributed by atoms with van der Waals surface area (Å²) in [5, 5.41) is 14.2. The maximum atomic E-state index is 11.3. The summed E-state index contributed by atoms with van der Waals surface area (Å²) in [5.41, 5.74) is 0.712. The van der Waals surface area contributed by atoms with E-state index in [0.29, 0.717) is 10.6 Å². The molecule has 1 aliphatic heterocycles. The molecule has 6 heteroatoms. The summed E-state index contributed by atoms with van der Waals surface area (Å²) in [4.78, 5) is 21.9. The SMILES string of the molecule is O=C1CC[C@H]([N+](=O)[O-])[C@@H](c2ccc(Cl)cc2)N1. The van der Waals surface area contributed by atoms with Crippen LogP contribution in [0.5, 0.6) is 0 Å². The van der Waals surface area contributed by atoms with Crippen molar-refractivity contribution in [2.45, 2.75) is 24.9 Å². The molecule has 1 N–H and O–H groups in total. The molecular weight excluding hydrogens is 244 g/mol. The van der Waals surface area contributed by atoms with Crippen LogP contribution in [0.4, 0.5) is 0 Å². The normalized spacial score (nSPS) is 24.2. The summed E-state index contributed by atoms with van der Waals surface area (Å²) in [6.45, 7) is 0. The van der Waals surface area contributed by atoms with Gasteiger partial charge in [0.1, 0.15) is 6.04 Å². The molecule has 1 saturated heterocycles. The van der Waals surface area contributed by atoms with Crippen LogP contribution in [0, 0.1) is 10.1 Å². The zero-order valence-corrected chi connectivity index (χ0v) is 9.68. The highest BCUT2D eigenvalue weighted by molar-refractivity contribution is 6.30. The van der Waals surface area contributed by atoms with Crippen molar-refractivity contribution in [2.24, 2.45) is 0 Å². The van der Waals surface area contributed by atoms with E-state index in [0.717, 1.165) is 0 Å². The zero-order chi connectivity index (χ0) is 12.4. The van der Waals surface area contributed by atoms with E-state index >= 15 is 0 Å². The number of carbonyl (C=O) groups is 1. The van der Waals surface area contributed by atoms with E-state index < -0.39 is 12.1 Å². The first-order valence-corrected chi connectivity index (χ1v) is 5.64. The molecule has 90 valence electrons. The van der Waals surface area contributed by atoms with Crippen molar-refractivity contribution in [2.75, 3.05) is 0 Å². The zero-order valence-electron chi connectivity index (χ0n) is 8.93. The lowest BCUT2D eigenvalue weighted by atomic mass is 9.92. The number of nitrogens with zero attached hydrogens (tertiary/aromatic N) is 1. The maximum Gasteiger partial charge on any atom is 0.237 e. The Bertz CT molecular complexity index is 447. The number of hydrogen-bond donors (Lipinski definition) is 1. The third kappa shape index (κ3) is 2.55. The van der Waals surface area contributed by atoms with E-state index in [2.05, 4.69) is 5.32 Å². The van der Waals surface area contributed by atoms with Gasteiger partial charge in [0.15, 0.2) is 0 Å². The van der Waals surface area contributed by atoms with E-state index in [1.54, 1.807) is 24.3 Å². The lowest BCUT2D eigenvalue weighted by Gasteiger charge is -2.26. The average Bonchev–Trinajstić information content (AvgIpc) is 2.29. The number of halogens is 1. The Balaban J connectivity index is 2.28. The summed E-state index contributed by atoms with van der Waals surface area (Å²) in [6, 6.07) is 5.39. The van der Waals surface area contributed by atoms with Crippen LogP contribution in [0.3, 0.4) is 0 Å². The number of piperidine rings is 1. The van der Waals surface area contributed by atoms with Gasteiger partial charge in [0.2, 0.25) is 11.9 Å². The van der Waals surface area contributed by atoms with E-state index in [1.807, 2.05) is 0 Å². The van der Waals surface area contributed by atoms with Gasteiger partial charge in [-0.3, -0.25) is 14.9 Å². The van der Waals surface area contributed by atoms with Gasteiger partial charge in [0.05, 0.1) is 0 Å². The maximum absolute atomic E-state index is 11.3. The number of rotatable bonds is 2. The minimum atomic E-state index is -0.770. The van der Waals surface area contributed by atoms with Gasteiger partial charge in [-0.05, 0) is 17.7 Å². The van der Waals surface area contributed by atoms with Crippen LogP contribution in [0.2, 0.25) is 5.02 Å². The third-order valence-corrected chi connectivity index (χ3v) is 3.12. The van der Waals surface area contributed by atoms with E-state index in [-0.39, 0.29) is 23.7 Å². The van der Waals surface area contributed by atoms with Crippen LogP contribution < -0.4 is 5.32 Å². The summed E-state index contributed by atoms with van der Waals surface area (Å²) >= 11 is 5.76. The molecule has 2 atom stereocenters. The first kappa shape index (κ1) is 11.9. The smallest absolute Gasteiger partial charge is 0.237 e. The van der Waals surface area contributed by atoms with Crippen molar-refractivity contribution < 1.29 is 9.72 Å². The number of hydrogen-bond acceptors (Lipinski definition) is 3. The molecule has 1 aliphatic rings. The first-order valence-electron chi connectivity index (χ1n) is 5.26. The standard InChI is InChI=1S/C11H11ClN2O3/c12-8-3-1-7(2-4-8)11-9(14(16)17)5-6-10(15)13-11/h1-4,9,11H,5-6H2,(H,13,15)/t9-,11+/m0/s1. The molecule has 1 heterocycles. The van der Waals surface area contributed by atoms with Crippen LogP contribution in [0.25, 0.3) is 0 Å². The number of carbonyl (C=O) groups excluding carboxylic acids is 1. The average molecular weight is 255 g/mol. The van der Waals surface area contributed by atoms with Crippen LogP contribution in [0.1, 0.15) is 24.4 Å². The van der Waals surface area contributed by atoms with Gasteiger partial charge in [-0.25, -0.2) is 0 Å². The lowest BCUT2D eigenvalue weighted by molar-refractivity contribution is -0.529. The summed E-state index contributed by atoms with van der Waals surface area (Å²) in [5.74, 6) is -0.150. The van der Waals surface area contributed by atoms with Gasteiger partial charge in [-0.15, -0.1) is 0 Å². The fraction of sp³-hybridized carbons (Fsp3) is 0.364. The highest BCUT2D eigenvalue weighted by atomic mass is 35.5. The molecule has 5 nitrogen and oxygen atoms in total. The molecule has 0 spiro atoms. The Kier molecular flexibility index (Phi) is 3.28. The second-order valence-electron chi connectivity index (χ2n) is 3.99. The minimum Gasteiger partial charge on any atom is -0.343 e. The fourth-order valence-electron chi connectivity index (χ4n) is 1.99. The number of benzene rings is 1. The quantitative estimate of drug-likeness (QED) is 0.647. The summed E-state index contributed by atoms with van der Waals surface area (Å²) < 4.78 is 0. The third-order valence-electron chi connectivity index (χ3n) is 2.87. The van der Waals surface area contributed by atoms with Gasteiger partial charge in [0, 0.05) is 22.8 Å². The molecule has 0 radical (unpaired) electrons. The number of amides is 1. The Morgan fingerprint density at radius 3 is 2.59 bits per heavy atom. The number of nitrogens with one attached hydrogen (secondary N) is 1. The molecule has 0 aromatic heterocycles. The predicted octanol–water partition coefficient (Wildman–Crippen LogP) is 1.94. The molecule has 1 aromatic rings. The lowest BCUT2D eigenvalue weighted by Crippen LogP contribution is -2.45. The number of nitro groups is 1. The van der Waals surface area contributed by atoms with E-state index in [1.165, 1.54) is 0 Å². The van der Waals surface area contributed by atoms with Crippen LogP contribution in [0.15, 0.2) is 24.3 Å². The fourth-order valence-corrected chi connectivity index (χ4v) is 2.12. The molecule has 1 aromatic carbocycles. The van der Waals surface area contributed by atoms with Gasteiger partial charge in [0.25, 0.3) is 0 Å². The van der Waals surface area contributed by atoms with Crippen molar-refractivity contribution in [3.63, 3.8) is 0 Å². The van der Waals surface area contributed by atoms with Crippen molar-refractivity contribution in [3.05, 3.63) is 45.0 Å². The van der Waals surface area contributed by atoms with Crippen LogP contribution in [-0.4, -0.2) is 16.9 Å². The Labute approximate surface area is 103 Å². The van der Waals surface area contributed by atoms with Gasteiger partial charge < -0.3 is 5.32 Å². The van der Waals surface area contributed by atoms with Crippen LogP contribution >= 0.6 is 11.6 Å². The first-order chi connectivity index (χ1) is 8.08. The summed E-state index contributed by atoms with van der Waals surface area (Å²) in [6.07, 6.45) is 0.474. The molecule has 1 amide bonds. The van der Waals surface area contributed by atoms with Crippen molar-refractivity contribution in [1.82, 2.24) is 5.32 Å². The topological polar surface area (TPSA) is 72.2 Å². The Morgan fingerprint density at radius 2 is 2.00 bits per heavy atom. The predicted molar refractivity (Wildman–Crippen MR) is 62.4 cm³/mol. The largest absolute Gasteiger partial charge is 0.343 e. The molecule has 2 rings (SSSR count). The van der Waals surface area contributed by atoms with Gasteiger partial charge in [-0.2, -0.15) is 0 Å². The molecule has 0 saturated carbocycles. The van der Waals surface area contributed by atoms with E-state index in [4.69, 9.17) is 11.6 Å². The second kappa shape index (κ2) is 4.71. The highest BCUT2D eigenvalue weighted by Crippen LogP contribution is 2.27. The highest BCUT2D eigenvalue weighted by Gasteiger charge is 2.37. The molecular formula is C11H11ClN2O3. The molecule has 0 aliphatic carbocycles.